The zero-order chi connectivity index (χ0) is 14.4. The Balaban J connectivity index is 2.04. The van der Waals surface area contributed by atoms with Gasteiger partial charge in [-0.1, -0.05) is 18.1 Å². The third kappa shape index (κ3) is 3.24. The van der Waals surface area contributed by atoms with Crippen LogP contribution in [0.15, 0.2) is 18.2 Å². The highest BCUT2D eigenvalue weighted by Crippen LogP contribution is 2.30. The van der Waals surface area contributed by atoms with Crippen LogP contribution in [-0.2, 0) is 11.3 Å². The van der Waals surface area contributed by atoms with E-state index in [1.165, 1.54) is 0 Å². The van der Waals surface area contributed by atoms with Crippen molar-refractivity contribution < 1.29 is 14.2 Å². The van der Waals surface area contributed by atoms with Gasteiger partial charge in [-0.15, -0.1) is 6.42 Å². The van der Waals surface area contributed by atoms with E-state index in [1.54, 1.807) is 14.2 Å². The van der Waals surface area contributed by atoms with Crippen LogP contribution in [0.3, 0.4) is 0 Å². The lowest BCUT2D eigenvalue weighted by Gasteiger charge is -2.20. The molecule has 0 bridgehead atoms. The van der Waals surface area contributed by atoms with Crippen molar-refractivity contribution in [3.05, 3.63) is 23.8 Å². The van der Waals surface area contributed by atoms with E-state index in [0.717, 1.165) is 36.5 Å². The standard InChI is InChI=1S/C16H21NO3/c1-4-13(14-9-6-10-20-14)17-11-12-7-5-8-15(18-2)16(12)19-3/h1,5,7-8,13-14,17H,6,9-11H2,2-3H3/t13-,14-/m0/s1. The smallest absolute Gasteiger partial charge is 0.165 e. The van der Waals surface area contributed by atoms with Gasteiger partial charge in [-0.2, -0.15) is 0 Å². The maximum atomic E-state index is 5.63. The van der Waals surface area contributed by atoms with Gasteiger partial charge in [0, 0.05) is 18.7 Å². The van der Waals surface area contributed by atoms with Crippen LogP contribution < -0.4 is 14.8 Å². The van der Waals surface area contributed by atoms with Crippen LogP contribution in [-0.4, -0.2) is 33.0 Å². The maximum absolute atomic E-state index is 5.63. The van der Waals surface area contributed by atoms with E-state index >= 15 is 0 Å². The fraction of sp³-hybridized carbons (Fsp3) is 0.500. The van der Waals surface area contributed by atoms with Crippen LogP contribution >= 0.6 is 0 Å². The SMILES string of the molecule is C#C[C@H](NCc1cccc(OC)c1OC)[C@@H]1CCCO1. The summed E-state index contributed by atoms with van der Waals surface area (Å²) in [6.45, 7) is 1.42. The highest BCUT2D eigenvalue weighted by atomic mass is 16.5. The summed E-state index contributed by atoms with van der Waals surface area (Å²) in [5.74, 6) is 4.24. The van der Waals surface area contributed by atoms with Crippen molar-refractivity contribution in [1.82, 2.24) is 5.32 Å². The van der Waals surface area contributed by atoms with E-state index in [9.17, 15) is 0 Å². The quantitative estimate of drug-likeness (QED) is 0.806. The number of methoxy groups -OCH3 is 2. The molecule has 1 aromatic carbocycles. The number of hydrogen-bond acceptors (Lipinski definition) is 4. The Hall–Kier alpha value is -1.70. The topological polar surface area (TPSA) is 39.7 Å². The predicted molar refractivity (Wildman–Crippen MR) is 78.0 cm³/mol. The summed E-state index contributed by atoms with van der Waals surface area (Å²) in [7, 11) is 3.27. The van der Waals surface area contributed by atoms with Crippen molar-refractivity contribution in [3.8, 4) is 23.8 Å². The molecule has 1 heterocycles. The minimum Gasteiger partial charge on any atom is -0.493 e. The average Bonchev–Trinajstić information content (AvgIpc) is 3.01. The number of nitrogens with one attached hydrogen (secondary N) is 1. The largest absolute Gasteiger partial charge is 0.493 e. The minimum absolute atomic E-state index is 0.0755. The molecule has 1 N–H and O–H groups in total. The van der Waals surface area contributed by atoms with Crippen LogP contribution in [0.4, 0.5) is 0 Å². The van der Waals surface area contributed by atoms with Gasteiger partial charge in [0.25, 0.3) is 0 Å². The monoisotopic (exact) mass is 275 g/mol. The highest BCUT2D eigenvalue weighted by Gasteiger charge is 2.24. The summed E-state index contributed by atoms with van der Waals surface area (Å²) in [6.07, 6.45) is 7.79. The van der Waals surface area contributed by atoms with Gasteiger partial charge in [0.05, 0.1) is 26.4 Å². The third-order valence-electron chi connectivity index (χ3n) is 3.51. The molecule has 0 spiro atoms. The minimum atomic E-state index is -0.0755. The lowest BCUT2D eigenvalue weighted by atomic mass is 10.1. The molecule has 20 heavy (non-hydrogen) atoms. The fourth-order valence-electron chi connectivity index (χ4n) is 2.48. The van der Waals surface area contributed by atoms with E-state index in [0.29, 0.717) is 6.54 Å². The van der Waals surface area contributed by atoms with E-state index < -0.39 is 0 Å². The normalized spacial score (nSPS) is 19.4. The summed E-state index contributed by atoms with van der Waals surface area (Å²) in [6, 6.07) is 5.74. The summed E-state index contributed by atoms with van der Waals surface area (Å²) in [5.41, 5.74) is 1.02. The molecule has 0 unspecified atom stereocenters. The zero-order valence-corrected chi connectivity index (χ0v) is 12.0. The van der Waals surface area contributed by atoms with Crippen LogP contribution in [0.2, 0.25) is 0 Å². The Morgan fingerprint density at radius 3 is 2.90 bits per heavy atom. The first-order valence-corrected chi connectivity index (χ1v) is 6.81. The molecule has 2 rings (SSSR count). The van der Waals surface area contributed by atoms with Gasteiger partial charge in [-0.25, -0.2) is 0 Å². The molecule has 0 amide bonds. The summed E-state index contributed by atoms with van der Waals surface area (Å²) in [4.78, 5) is 0. The van der Waals surface area contributed by atoms with Crippen molar-refractivity contribution in [2.24, 2.45) is 0 Å². The molecule has 1 aliphatic heterocycles. The van der Waals surface area contributed by atoms with E-state index in [1.807, 2.05) is 18.2 Å². The Bertz CT molecular complexity index is 475. The molecule has 2 atom stereocenters. The molecule has 0 radical (unpaired) electrons. The molecule has 4 nitrogen and oxygen atoms in total. The van der Waals surface area contributed by atoms with Gasteiger partial charge in [0.1, 0.15) is 0 Å². The summed E-state index contributed by atoms with van der Waals surface area (Å²) in [5, 5.41) is 3.36. The summed E-state index contributed by atoms with van der Waals surface area (Å²) >= 11 is 0. The Morgan fingerprint density at radius 1 is 1.45 bits per heavy atom. The first-order chi connectivity index (χ1) is 9.80. The third-order valence-corrected chi connectivity index (χ3v) is 3.51. The Morgan fingerprint density at radius 2 is 2.30 bits per heavy atom. The molecule has 1 aromatic rings. The molecule has 1 aliphatic rings. The predicted octanol–water partition coefficient (Wildman–Crippen LogP) is 1.97. The molecule has 0 saturated carbocycles. The lowest BCUT2D eigenvalue weighted by Crippen LogP contribution is -2.38. The van der Waals surface area contributed by atoms with E-state index in [-0.39, 0.29) is 12.1 Å². The maximum Gasteiger partial charge on any atom is 0.165 e. The number of terminal acetylenes is 1. The molecular weight excluding hydrogens is 254 g/mol. The molecule has 1 saturated heterocycles. The Labute approximate surface area is 120 Å². The molecule has 108 valence electrons. The van der Waals surface area contributed by atoms with Crippen molar-refractivity contribution in [1.29, 1.82) is 0 Å². The number of ether oxygens (including phenoxy) is 3. The highest BCUT2D eigenvalue weighted by molar-refractivity contribution is 5.46. The molecule has 4 heteroatoms. The van der Waals surface area contributed by atoms with Crippen LogP contribution in [0.1, 0.15) is 18.4 Å². The average molecular weight is 275 g/mol. The first-order valence-electron chi connectivity index (χ1n) is 6.81. The number of benzene rings is 1. The van der Waals surface area contributed by atoms with Crippen LogP contribution in [0, 0.1) is 12.3 Å². The second-order valence-electron chi connectivity index (χ2n) is 4.73. The summed E-state index contributed by atoms with van der Waals surface area (Å²) < 4.78 is 16.3. The van der Waals surface area contributed by atoms with Crippen LogP contribution in [0.25, 0.3) is 0 Å². The Kier molecular flexibility index (Phi) is 5.28. The number of hydrogen-bond donors (Lipinski definition) is 1. The first kappa shape index (κ1) is 14.7. The van der Waals surface area contributed by atoms with Crippen molar-refractivity contribution >= 4 is 0 Å². The fourth-order valence-corrected chi connectivity index (χ4v) is 2.48. The van der Waals surface area contributed by atoms with Crippen molar-refractivity contribution in [2.45, 2.75) is 31.5 Å². The molecule has 0 aromatic heterocycles. The number of rotatable bonds is 6. The molecule has 0 aliphatic carbocycles. The van der Waals surface area contributed by atoms with Gasteiger partial charge >= 0.3 is 0 Å². The lowest BCUT2D eigenvalue weighted by molar-refractivity contribution is 0.0933. The van der Waals surface area contributed by atoms with Crippen LogP contribution in [0.5, 0.6) is 11.5 Å². The van der Waals surface area contributed by atoms with E-state index in [4.69, 9.17) is 20.6 Å². The van der Waals surface area contributed by atoms with Gasteiger partial charge in [0.15, 0.2) is 11.5 Å². The number of para-hydroxylation sites is 1. The zero-order valence-electron chi connectivity index (χ0n) is 12.0. The molecule has 1 fully saturated rings. The van der Waals surface area contributed by atoms with E-state index in [2.05, 4.69) is 11.2 Å². The molecular formula is C16H21NO3. The van der Waals surface area contributed by atoms with Crippen molar-refractivity contribution in [3.63, 3.8) is 0 Å². The second-order valence-corrected chi connectivity index (χ2v) is 4.73. The van der Waals surface area contributed by atoms with Gasteiger partial charge in [-0.05, 0) is 18.9 Å². The van der Waals surface area contributed by atoms with Gasteiger partial charge < -0.3 is 14.2 Å². The van der Waals surface area contributed by atoms with Gasteiger partial charge in [-0.3, -0.25) is 5.32 Å². The van der Waals surface area contributed by atoms with Crippen molar-refractivity contribution in [2.75, 3.05) is 20.8 Å². The van der Waals surface area contributed by atoms with Gasteiger partial charge in [0.2, 0.25) is 0 Å². The second kappa shape index (κ2) is 7.18.